The molecular formula is C15H16FNO3. The van der Waals surface area contributed by atoms with Crippen LogP contribution in [0, 0.1) is 5.82 Å². The molecule has 2 aromatic carbocycles. The molecule has 0 fully saturated rings. The highest BCUT2D eigenvalue weighted by Crippen LogP contribution is 2.28. The Labute approximate surface area is 116 Å². The van der Waals surface area contributed by atoms with Crippen molar-refractivity contribution in [3.8, 4) is 17.2 Å². The second kappa shape index (κ2) is 6.14. The lowest BCUT2D eigenvalue weighted by molar-refractivity contribution is 0.339. The lowest BCUT2D eigenvalue weighted by Gasteiger charge is -2.13. The van der Waals surface area contributed by atoms with E-state index in [1.54, 1.807) is 12.1 Å². The van der Waals surface area contributed by atoms with E-state index in [1.165, 1.54) is 24.3 Å². The highest BCUT2D eigenvalue weighted by Gasteiger charge is 2.07. The largest absolute Gasteiger partial charge is 0.508 e. The van der Waals surface area contributed by atoms with Gasteiger partial charge in [0.2, 0.25) is 0 Å². The van der Waals surface area contributed by atoms with Crippen LogP contribution in [0.2, 0.25) is 0 Å². The molecule has 2 rings (SSSR count). The van der Waals surface area contributed by atoms with Gasteiger partial charge in [0.25, 0.3) is 0 Å². The number of anilines is 1. The summed E-state index contributed by atoms with van der Waals surface area (Å²) in [6.45, 7) is 2.58. The van der Waals surface area contributed by atoms with Gasteiger partial charge in [0.15, 0.2) is 0 Å². The number of phenols is 2. The van der Waals surface area contributed by atoms with Crippen molar-refractivity contribution in [2.45, 2.75) is 13.5 Å². The molecule has 0 atom stereocenters. The normalized spacial score (nSPS) is 10.3. The first-order chi connectivity index (χ1) is 9.60. The minimum absolute atomic E-state index is 0.00225. The average molecular weight is 277 g/mol. The fourth-order valence-electron chi connectivity index (χ4n) is 1.81. The third kappa shape index (κ3) is 3.32. The van der Waals surface area contributed by atoms with Crippen LogP contribution in [-0.2, 0) is 6.54 Å². The van der Waals surface area contributed by atoms with Crippen LogP contribution in [0.5, 0.6) is 17.2 Å². The Hall–Kier alpha value is -2.43. The van der Waals surface area contributed by atoms with Crippen LogP contribution in [-0.4, -0.2) is 16.8 Å². The summed E-state index contributed by atoms with van der Waals surface area (Å²) >= 11 is 0. The van der Waals surface area contributed by atoms with E-state index in [2.05, 4.69) is 5.32 Å². The molecule has 106 valence electrons. The molecule has 0 aliphatic rings. The van der Waals surface area contributed by atoms with Gasteiger partial charge in [0.1, 0.15) is 23.1 Å². The van der Waals surface area contributed by atoms with Crippen molar-refractivity contribution in [3.63, 3.8) is 0 Å². The smallest absolute Gasteiger partial charge is 0.145 e. The van der Waals surface area contributed by atoms with Gasteiger partial charge in [-0.05, 0) is 31.2 Å². The first-order valence-corrected chi connectivity index (χ1v) is 6.27. The second-order valence-electron chi connectivity index (χ2n) is 4.24. The summed E-state index contributed by atoms with van der Waals surface area (Å²) in [5.41, 5.74) is 1.26. The summed E-state index contributed by atoms with van der Waals surface area (Å²) in [4.78, 5) is 0. The number of ether oxygens (including phenoxy) is 1. The molecule has 5 heteroatoms. The summed E-state index contributed by atoms with van der Waals surface area (Å²) in [5, 5.41) is 22.0. The number of aromatic hydroxyl groups is 2. The molecule has 4 nitrogen and oxygen atoms in total. The highest BCUT2D eigenvalue weighted by molar-refractivity contribution is 5.57. The van der Waals surface area contributed by atoms with Gasteiger partial charge >= 0.3 is 0 Å². The maximum atomic E-state index is 13.2. The van der Waals surface area contributed by atoms with Crippen molar-refractivity contribution in [3.05, 3.63) is 47.8 Å². The van der Waals surface area contributed by atoms with E-state index in [0.29, 0.717) is 30.2 Å². The average Bonchev–Trinajstić information content (AvgIpc) is 2.40. The lowest BCUT2D eigenvalue weighted by Crippen LogP contribution is -2.03. The summed E-state index contributed by atoms with van der Waals surface area (Å²) in [5.74, 6) is 0.0536. The van der Waals surface area contributed by atoms with E-state index in [1.807, 2.05) is 6.92 Å². The topological polar surface area (TPSA) is 61.7 Å². The van der Waals surface area contributed by atoms with Gasteiger partial charge in [-0.1, -0.05) is 0 Å². The summed E-state index contributed by atoms with van der Waals surface area (Å²) in [6, 6.07) is 8.60. The van der Waals surface area contributed by atoms with E-state index in [-0.39, 0.29) is 17.3 Å². The van der Waals surface area contributed by atoms with Crippen molar-refractivity contribution >= 4 is 5.69 Å². The first-order valence-electron chi connectivity index (χ1n) is 6.27. The van der Waals surface area contributed by atoms with Crippen LogP contribution in [0.4, 0.5) is 10.1 Å². The molecular weight excluding hydrogens is 261 g/mol. The first kappa shape index (κ1) is 14.0. The van der Waals surface area contributed by atoms with Gasteiger partial charge in [-0.15, -0.1) is 0 Å². The Morgan fingerprint density at radius 1 is 1.15 bits per heavy atom. The molecule has 0 aliphatic heterocycles. The Balaban J connectivity index is 2.14. The van der Waals surface area contributed by atoms with Crippen LogP contribution >= 0.6 is 0 Å². The lowest BCUT2D eigenvalue weighted by atomic mass is 10.2. The van der Waals surface area contributed by atoms with Crippen LogP contribution < -0.4 is 10.1 Å². The van der Waals surface area contributed by atoms with Gasteiger partial charge in [0.05, 0.1) is 12.3 Å². The quantitative estimate of drug-likeness (QED) is 0.785. The van der Waals surface area contributed by atoms with E-state index in [0.717, 1.165) is 0 Å². The Bertz CT molecular complexity index is 602. The predicted molar refractivity (Wildman–Crippen MR) is 74.7 cm³/mol. The standard InChI is InChI=1S/C15H16FNO3/c1-2-20-15-7-11(16)4-6-13(15)17-9-10-3-5-12(18)8-14(10)19/h3-8,17-19H,2,9H2,1H3. The zero-order chi connectivity index (χ0) is 14.5. The van der Waals surface area contributed by atoms with Gasteiger partial charge in [-0.3, -0.25) is 0 Å². The maximum absolute atomic E-state index is 13.2. The SMILES string of the molecule is CCOc1cc(F)ccc1NCc1ccc(O)cc1O. The van der Waals surface area contributed by atoms with Crippen molar-refractivity contribution in [2.24, 2.45) is 0 Å². The fraction of sp³-hybridized carbons (Fsp3) is 0.200. The van der Waals surface area contributed by atoms with Crippen molar-refractivity contribution in [1.82, 2.24) is 0 Å². The molecule has 0 bridgehead atoms. The maximum Gasteiger partial charge on any atom is 0.145 e. The highest BCUT2D eigenvalue weighted by atomic mass is 19.1. The molecule has 0 heterocycles. The Kier molecular flexibility index (Phi) is 4.30. The van der Waals surface area contributed by atoms with Gasteiger partial charge < -0.3 is 20.3 Å². The zero-order valence-electron chi connectivity index (χ0n) is 11.1. The molecule has 3 N–H and O–H groups in total. The molecule has 0 aromatic heterocycles. The minimum Gasteiger partial charge on any atom is -0.508 e. The third-order valence-corrected chi connectivity index (χ3v) is 2.78. The van der Waals surface area contributed by atoms with Crippen LogP contribution in [0.25, 0.3) is 0 Å². The number of benzene rings is 2. The number of hydrogen-bond donors (Lipinski definition) is 3. The Morgan fingerprint density at radius 2 is 1.95 bits per heavy atom. The molecule has 0 amide bonds. The van der Waals surface area contributed by atoms with Crippen molar-refractivity contribution < 1.29 is 19.3 Å². The molecule has 0 aliphatic carbocycles. The zero-order valence-corrected chi connectivity index (χ0v) is 11.1. The number of phenolic OH excluding ortho intramolecular Hbond substituents is 2. The molecule has 0 unspecified atom stereocenters. The predicted octanol–water partition coefficient (Wildman–Crippen LogP) is 3.25. The third-order valence-electron chi connectivity index (χ3n) is 2.78. The van der Waals surface area contributed by atoms with E-state index < -0.39 is 0 Å². The monoisotopic (exact) mass is 277 g/mol. The number of rotatable bonds is 5. The van der Waals surface area contributed by atoms with Crippen LogP contribution in [0.1, 0.15) is 12.5 Å². The van der Waals surface area contributed by atoms with Gasteiger partial charge in [0, 0.05) is 24.2 Å². The second-order valence-corrected chi connectivity index (χ2v) is 4.24. The van der Waals surface area contributed by atoms with E-state index in [4.69, 9.17) is 4.74 Å². The molecule has 0 saturated heterocycles. The summed E-state index contributed by atoms with van der Waals surface area (Å²) < 4.78 is 18.5. The van der Waals surface area contributed by atoms with Crippen LogP contribution in [0.3, 0.4) is 0 Å². The van der Waals surface area contributed by atoms with Gasteiger partial charge in [-0.2, -0.15) is 0 Å². The number of nitrogens with one attached hydrogen (secondary N) is 1. The minimum atomic E-state index is -0.369. The molecule has 0 saturated carbocycles. The van der Waals surface area contributed by atoms with Crippen molar-refractivity contribution in [2.75, 3.05) is 11.9 Å². The van der Waals surface area contributed by atoms with E-state index in [9.17, 15) is 14.6 Å². The molecule has 0 radical (unpaired) electrons. The molecule has 20 heavy (non-hydrogen) atoms. The van der Waals surface area contributed by atoms with Gasteiger partial charge in [-0.25, -0.2) is 4.39 Å². The van der Waals surface area contributed by atoms with Crippen LogP contribution in [0.15, 0.2) is 36.4 Å². The molecule has 2 aromatic rings. The fourth-order valence-corrected chi connectivity index (χ4v) is 1.81. The molecule has 0 spiro atoms. The number of hydrogen-bond acceptors (Lipinski definition) is 4. The van der Waals surface area contributed by atoms with E-state index >= 15 is 0 Å². The summed E-state index contributed by atoms with van der Waals surface area (Å²) in [6.07, 6.45) is 0. The Morgan fingerprint density at radius 3 is 2.65 bits per heavy atom. The van der Waals surface area contributed by atoms with Crippen molar-refractivity contribution in [1.29, 1.82) is 0 Å². The number of halogens is 1. The summed E-state index contributed by atoms with van der Waals surface area (Å²) in [7, 11) is 0.